The topological polar surface area (TPSA) is 51.2 Å². The minimum absolute atomic E-state index is 0.182. The molecule has 0 bridgehead atoms. The zero-order valence-corrected chi connectivity index (χ0v) is 6.76. The van der Waals surface area contributed by atoms with Gasteiger partial charge >= 0.3 is 6.09 Å². The maximum Gasteiger partial charge on any atom is 0.412 e. The summed E-state index contributed by atoms with van der Waals surface area (Å²) >= 11 is 5.63. The summed E-state index contributed by atoms with van der Waals surface area (Å²) in [5, 5.41) is 2.90. The third-order valence-corrected chi connectivity index (χ3v) is 1.73. The van der Waals surface area contributed by atoms with E-state index in [9.17, 15) is 4.79 Å². The number of ether oxygens (including phenoxy) is 1. The monoisotopic (exact) mass is 184 g/mol. The van der Waals surface area contributed by atoms with Gasteiger partial charge in [-0.15, -0.1) is 0 Å². The molecule has 0 atom stereocenters. The number of nitrogens with zero attached hydrogens (tertiary/aromatic N) is 1. The van der Waals surface area contributed by atoms with E-state index in [1.165, 1.54) is 0 Å². The second-order valence-corrected chi connectivity index (χ2v) is 2.72. The number of aromatic nitrogens is 1. The molecular formula is C7H5ClN2O2. The highest BCUT2D eigenvalue weighted by Gasteiger charge is 2.16. The van der Waals surface area contributed by atoms with Gasteiger partial charge in [0.15, 0.2) is 0 Å². The normalized spacial score (nSPS) is 14.6. The van der Waals surface area contributed by atoms with Gasteiger partial charge in [0.05, 0.1) is 5.69 Å². The van der Waals surface area contributed by atoms with Crippen LogP contribution in [0.15, 0.2) is 12.1 Å². The molecule has 0 aliphatic carbocycles. The maximum atomic E-state index is 10.7. The van der Waals surface area contributed by atoms with Crippen LogP contribution in [0.2, 0.25) is 5.15 Å². The first-order valence-electron chi connectivity index (χ1n) is 3.35. The number of carbonyl (C=O) groups is 1. The van der Waals surface area contributed by atoms with Crippen LogP contribution in [0.5, 0.6) is 0 Å². The molecule has 4 nitrogen and oxygen atoms in total. The molecule has 0 saturated heterocycles. The van der Waals surface area contributed by atoms with Crippen LogP contribution in [0.1, 0.15) is 5.69 Å². The number of pyridine rings is 1. The summed E-state index contributed by atoms with van der Waals surface area (Å²) in [6.07, 6.45) is -0.452. The van der Waals surface area contributed by atoms with Gasteiger partial charge in [0.1, 0.15) is 17.5 Å². The lowest BCUT2D eigenvalue weighted by atomic mass is 10.3. The van der Waals surface area contributed by atoms with Crippen LogP contribution in [0.25, 0.3) is 0 Å². The van der Waals surface area contributed by atoms with Gasteiger partial charge in [0, 0.05) is 0 Å². The van der Waals surface area contributed by atoms with E-state index in [0.717, 1.165) is 0 Å². The first-order chi connectivity index (χ1) is 5.75. The number of nitrogens with one attached hydrogen (secondary N) is 1. The molecular weight excluding hydrogens is 180 g/mol. The average Bonchev–Trinajstić information content (AvgIpc) is 2.05. The van der Waals surface area contributed by atoms with E-state index in [4.69, 9.17) is 11.6 Å². The number of hydrogen-bond acceptors (Lipinski definition) is 3. The van der Waals surface area contributed by atoms with Crippen molar-refractivity contribution in [3.8, 4) is 0 Å². The Kier molecular flexibility index (Phi) is 1.62. The van der Waals surface area contributed by atoms with E-state index in [0.29, 0.717) is 16.5 Å². The molecule has 0 saturated carbocycles. The Bertz CT molecular complexity index is 340. The Morgan fingerprint density at radius 3 is 3.25 bits per heavy atom. The van der Waals surface area contributed by atoms with Crippen molar-refractivity contribution in [2.75, 3.05) is 5.32 Å². The highest BCUT2D eigenvalue weighted by molar-refractivity contribution is 6.29. The zero-order valence-electron chi connectivity index (χ0n) is 6.00. The van der Waals surface area contributed by atoms with Crippen LogP contribution in [0.4, 0.5) is 10.5 Å². The fourth-order valence-corrected chi connectivity index (χ4v) is 1.14. The average molecular weight is 185 g/mol. The fraction of sp³-hybridized carbons (Fsp3) is 0.143. The molecule has 1 amide bonds. The van der Waals surface area contributed by atoms with E-state index in [-0.39, 0.29) is 6.61 Å². The number of hydrogen-bond donors (Lipinski definition) is 1. The molecule has 1 aliphatic rings. The number of halogens is 1. The van der Waals surface area contributed by atoms with Crippen LogP contribution in [-0.2, 0) is 11.3 Å². The van der Waals surface area contributed by atoms with Crippen LogP contribution in [0.3, 0.4) is 0 Å². The second-order valence-electron chi connectivity index (χ2n) is 2.33. The van der Waals surface area contributed by atoms with Crippen molar-refractivity contribution in [1.82, 2.24) is 4.98 Å². The third kappa shape index (κ3) is 1.21. The first-order valence-corrected chi connectivity index (χ1v) is 3.73. The minimum atomic E-state index is -0.452. The van der Waals surface area contributed by atoms with Crippen LogP contribution in [-0.4, -0.2) is 11.1 Å². The fourth-order valence-electron chi connectivity index (χ4n) is 0.978. The van der Waals surface area contributed by atoms with E-state index in [1.807, 2.05) is 0 Å². The van der Waals surface area contributed by atoms with Crippen molar-refractivity contribution in [1.29, 1.82) is 0 Å². The van der Waals surface area contributed by atoms with E-state index >= 15 is 0 Å². The highest BCUT2D eigenvalue weighted by Crippen LogP contribution is 2.21. The Hall–Kier alpha value is -1.29. The summed E-state index contributed by atoms with van der Waals surface area (Å²) in [6.45, 7) is 0.182. The molecule has 1 N–H and O–H groups in total. The van der Waals surface area contributed by atoms with Crippen LogP contribution >= 0.6 is 11.6 Å². The zero-order chi connectivity index (χ0) is 8.55. The van der Waals surface area contributed by atoms with Gasteiger partial charge in [-0.25, -0.2) is 9.78 Å². The molecule has 1 aromatic heterocycles. The van der Waals surface area contributed by atoms with Gasteiger partial charge in [-0.05, 0) is 12.1 Å². The molecule has 1 aromatic rings. The van der Waals surface area contributed by atoms with Crippen LogP contribution < -0.4 is 5.32 Å². The SMILES string of the molecule is O=C1Nc2ccc(Cl)nc2CO1. The molecule has 0 aromatic carbocycles. The molecule has 2 rings (SSSR count). The number of carbonyl (C=O) groups excluding carboxylic acids is 1. The summed E-state index contributed by atoms with van der Waals surface area (Å²) in [5.74, 6) is 0. The molecule has 12 heavy (non-hydrogen) atoms. The molecule has 5 heteroatoms. The summed E-state index contributed by atoms with van der Waals surface area (Å²) in [4.78, 5) is 14.7. The first kappa shape index (κ1) is 7.36. The Morgan fingerprint density at radius 1 is 1.58 bits per heavy atom. The molecule has 0 unspecified atom stereocenters. The largest absolute Gasteiger partial charge is 0.443 e. The van der Waals surface area contributed by atoms with Crippen molar-refractivity contribution in [2.45, 2.75) is 6.61 Å². The minimum Gasteiger partial charge on any atom is -0.443 e. The van der Waals surface area contributed by atoms with Crippen molar-refractivity contribution >= 4 is 23.4 Å². The van der Waals surface area contributed by atoms with E-state index in [1.54, 1.807) is 12.1 Å². The van der Waals surface area contributed by atoms with Gasteiger partial charge < -0.3 is 4.74 Å². The number of fused-ring (bicyclic) bond motifs is 1. The maximum absolute atomic E-state index is 10.7. The molecule has 62 valence electrons. The summed E-state index contributed by atoms with van der Waals surface area (Å²) in [7, 11) is 0. The molecule has 0 fully saturated rings. The Balaban J connectivity index is 2.43. The summed E-state index contributed by atoms with van der Waals surface area (Å²) in [6, 6.07) is 3.32. The van der Waals surface area contributed by atoms with Crippen molar-refractivity contribution < 1.29 is 9.53 Å². The lowest BCUT2D eigenvalue weighted by molar-refractivity contribution is 0.149. The Morgan fingerprint density at radius 2 is 2.42 bits per heavy atom. The molecule has 2 heterocycles. The summed E-state index contributed by atoms with van der Waals surface area (Å²) < 4.78 is 4.69. The van der Waals surface area contributed by atoms with Crippen molar-refractivity contribution in [3.05, 3.63) is 23.0 Å². The smallest absolute Gasteiger partial charge is 0.412 e. The van der Waals surface area contributed by atoms with Gasteiger partial charge in [-0.1, -0.05) is 11.6 Å². The molecule has 0 radical (unpaired) electrons. The van der Waals surface area contributed by atoms with Gasteiger partial charge in [0.25, 0.3) is 0 Å². The second kappa shape index (κ2) is 2.64. The Labute approximate surface area is 73.5 Å². The highest BCUT2D eigenvalue weighted by atomic mass is 35.5. The quantitative estimate of drug-likeness (QED) is 0.626. The number of cyclic esters (lactones) is 1. The standard InChI is InChI=1S/C7H5ClN2O2/c8-6-2-1-4-5(9-6)3-12-7(11)10-4/h1-2H,3H2,(H,10,11). The number of amides is 1. The van der Waals surface area contributed by atoms with E-state index < -0.39 is 6.09 Å². The van der Waals surface area contributed by atoms with Crippen molar-refractivity contribution in [2.24, 2.45) is 0 Å². The molecule has 0 spiro atoms. The number of rotatable bonds is 0. The third-order valence-electron chi connectivity index (χ3n) is 1.52. The lowest BCUT2D eigenvalue weighted by Gasteiger charge is -2.15. The van der Waals surface area contributed by atoms with Crippen LogP contribution in [0, 0.1) is 0 Å². The van der Waals surface area contributed by atoms with Gasteiger partial charge in [-0.3, -0.25) is 5.32 Å². The summed E-state index contributed by atoms with van der Waals surface area (Å²) in [5.41, 5.74) is 1.32. The molecule has 1 aliphatic heterocycles. The predicted octanol–water partition coefficient (Wildman–Crippen LogP) is 1.80. The predicted molar refractivity (Wildman–Crippen MR) is 43.1 cm³/mol. The van der Waals surface area contributed by atoms with Gasteiger partial charge in [0.2, 0.25) is 0 Å². The van der Waals surface area contributed by atoms with Gasteiger partial charge in [-0.2, -0.15) is 0 Å². The number of anilines is 1. The van der Waals surface area contributed by atoms with Crippen molar-refractivity contribution in [3.63, 3.8) is 0 Å². The van der Waals surface area contributed by atoms with E-state index in [2.05, 4.69) is 15.0 Å². The lowest BCUT2D eigenvalue weighted by Crippen LogP contribution is -2.21.